The summed E-state index contributed by atoms with van der Waals surface area (Å²) in [5.74, 6) is -0.537. The van der Waals surface area contributed by atoms with Crippen LogP contribution in [0.25, 0.3) is 16.8 Å². The zero-order valence-corrected chi connectivity index (χ0v) is 11.8. The van der Waals surface area contributed by atoms with Gasteiger partial charge in [0.2, 0.25) is 0 Å². The third-order valence-electron chi connectivity index (χ3n) is 3.78. The van der Waals surface area contributed by atoms with Gasteiger partial charge in [-0.05, 0) is 24.3 Å². The molecule has 0 aliphatic heterocycles. The molecule has 0 radical (unpaired) electrons. The molecule has 3 heteroatoms. The van der Waals surface area contributed by atoms with Gasteiger partial charge in [-0.25, -0.2) is 0 Å². The van der Waals surface area contributed by atoms with Crippen molar-refractivity contribution in [1.29, 1.82) is 0 Å². The molecule has 0 spiro atoms. The predicted octanol–water partition coefficient (Wildman–Crippen LogP) is 2.95. The van der Waals surface area contributed by atoms with Crippen molar-refractivity contribution in [3.05, 3.63) is 63.8 Å². The fraction of sp³-hybridized carbons (Fsp3) is 0.222. The smallest absolute Gasteiger partial charge is 0.313 e. The average molecular weight is 280 g/mol. The molecule has 21 heavy (non-hydrogen) atoms. The number of fused-ring (bicyclic) bond motifs is 2. The van der Waals surface area contributed by atoms with Crippen LogP contribution in [-0.2, 0) is 16.0 Å². The summed E-state index contributed by atoms with van der Waals surface area (Å²) in [4.78, 5) is 24.5. The van der Waals surface area contributed by atoms with E-state index in [9.17, 15) is 9.59 Å². The molecule has 0 saturated carbocycles. The molecular formula is C18H16O3. The molecule has 0 heterocycles. The molecule has 0 bridgehead atoms. The lowest BCUT2D eigenvalue weighted by Gasteiger charge is -2.16. The molecule has 3 nitrogen and oxygen atoms in total. The van der Waals surface area contributed by atoms with Gasteiger partial charge in [-0.2, -0.15) is 0 Å². The largest absolute Gasteiger partial charge is 0.466 e. The molecule has 106 valence electrons. The molecule has 0 amide bonds. The van der Waals surface area contributed by atoms with Gasteiger partial charge in [-0.1, -0.05) is 48.6 Å². The van der Waals surface area contributed by atoms with Crippen LogP contribution in [0.2, 0.25) is 0 Å². The molecule has 1 aliphatic rings. The van der Waals surface area contributed by atoms with Crippen LogP contribution in [0.3, 0.4) is 0 Å². The van der Waals surface area contributed by atoms with Crippen molar-refractivity contribution in [1.82, 2.24) is 0 Å². The minimum Gasteiger partial charge on any atom is -0.466 e. The minimum atomic E-state index is -0.303. The topological polar surface area (TPSA) is 43.4 Å². The van der Waals surface area contributed by atoms with Crippen LogP contribution in [0.1, 0.15) is 18.1 Å². The summed E-state index contributed by atoms with van der Waals surface area (Å²) in [7, 11) is 0. The molecule has 1 aliphatic carbocycles. The van der Waals surface area contributed by atoms with Crippen molar-refractivity contribution >= 4 is 22.8 Å². The van der Waals surface area contributed by atoms with E-state index in [1.165, 1.54) is 0 Å². The quantitative estimate of drug-likeness (QED) is 0.794. The van der Waals surface area contributed by atoms with Crippen LogP contribution >= 0.6 is 0 Å². The highest BCUT2D eigenvalue weighted by Gasteiger charge is 2.22. The van der Waals surface area contributed by atoms with Gasteiger partial charge in [0.05, 0.1) is 12.5 Å². The number of ether oxygens (including phenoxy) is 1. The first-order valence-corrected chi connectivity index (χ1v) is 7.10. The molecule has 1 unspecified atom stereocenters. The molecular weight excluding hydrogens is 264 g/mol. The molecule has 2 aromatic carbocycles. The Hall–Kier alpha value is -2.42. The Kier molecular flexibility index (Phi) is 3.57. The molecule has 0 N–H and O–H groups in total. The second-order valence-corrected chi connectivity index (χ2v) is 5.11. The Morgan fingerprint density at radius 3 is 2.86 bits per heavy atom. The van der Waals surface area contributed by atoms with Crippen molar-refractivity contribution < 1.29 is 9.53 Å². The Balaban J connectivity index is 2.11. The van der Waals surface area contributed by atoms with Gasteiger partial charge in [0.15, 0.2) is 5.43 Å². The summed E-state index contributed by atoms with van der Waals surface area (Å²) in [6, 6.07) is 11.4. The average Bonchev–Trinajstić information content (AvgIpc) is 2.65. The van der Waals surface area contributed by atoms with Crippen molar-refractivity contribution in [2.75, 3.05) is 6.61 Å². The first kappa shape index (κ1) is 13.6. The van der Waals surface area contributed by atoms with Gasteiger partial charge >= 0.3 is 5.97 Å². The van der Waals surface area contributed by atoms with E-state index in [-0.39, 0.29) is 17.3 Å². The summed E-state index contributed by atoms with van der Waals surface area (Å²) in [6.07, 6.45) is 4.05. The van der Waals surface area contributed by atoms with Crippen molar-refractivity contribution in [2.45, 2.75) is 13.3 Å². The van der Waals surface area contributed by atoms with Crippen LogP contribution in [0.5, 0.6) is 0 Å². The second kappa shape index (κ2) is 5.52. The van der Waals surface area contributed by atoms with Crippen LogP contribution < -0.4 is 5.43 Å². The van der Waals surface area contributed by atoms with Gasteiger partial charge in [-0.15, -0.1) is 0 Å². The van der Waals surface area contributed by atoms with Gasteiger partial charge in [0.1, 0.15) is 0 Å². The highest BCUT2D eigenvalue weighted by molar-refractivity contribution is 5.85. The van der Waals surface area contributed by atoms with E-state index in [1.807, 2.05) is 36.4 Å². The summed E-state index contributed by atoms with van der Waals surface area (Å²) in [5.41, 5.74) is 1.60. The standard InChI is InChI=1S/C18H16O3/c1-2-21-18(20)14-9-10-16-13(11-14)8-7-12-5-3-4-6-15(12)17(16)19/h3-10,14H,2,11H2,1H3. The van der Waals surface area contributed by atoms with Gasteiger partial charge in [0.25, 0.3) is 0 Å². The highest BCUT2D eigenvalue weighted by atomic mass is 16.5. The van der Waals surface area contributed by atoms with E-state index in [0.29, 0.717) is 24.0 Å². The fourth-order valence-electron chi connectivity index (χ4n) is 2.71. The molecule has 3 rings (SSSR count). The van der Waals surface area contributed by atoms with E-state index in [2.05, 4.69) is 0 Å². The molecule has 0 saturated heterocycles. The third-order valence-corrected chi connectivity index (χ3v) is 3.78. The zero-order chi connectivity index (χ0) is 14.8. The van der Waals surface area contributed by atoms with Gasteiger partial charge in [0, 0.05) is 10.9 Å². The maximum absolute atomic E-state index is 12.6. The summed E-state index contributed by atoms with van der Waals surface area (Å²) in [5, 5.41) is 1.62. The van der Waals surface area contributed by atoms with Crippen molar-refractivity contribution in [3.8, 4) is 0 Å². The van der Waals surface area contributed by atoms with Crippen LogP contribution in [-0.4, -0.2) is 12.6 Å². The Labute approximate surface area is 122 Å². The monoisotopic (exact) mass is 280 g/mol. The van der Waals surface area contributed by atoms with E-state index in [1.54, 1.807) is 19.1 Å². The fourth-order valence-corrected chi connectivity index (χ4v) is 2.71. The SMILES string of the molecule is CCOC(=O)C1C=Cc2c(ccc3ccccc3c2=O)C1. The summed E-state index contributed by atoms with van der Waals surface area (Å²) >= 11 is 0. The van der Waals surface area contributed by atoms with Crippen LogP contribution in [0.15, 0.2) is 47.3 Å². The highest BCUT2D eigenvalue weighted by Crippen LogP contribution is 2.23. The number of carbonyl (C=O) groups is 1. The maximum atomic E-state index is 12.6. The lowest BCUT2D eigenvalue weighted by atomic mass is 9.91. The lowest BCUT2D eigenvalue weighted by Crippen LogP contribution is -2.21. The van der Waals surface area contributed by atoms with E-state index < -0.39 is 0 Å². The Morgan fingerprint density at radius 2 is 2.05 bits per heavy atom. The number of rotatable bonds is 2. The summed E-state index contributed by atoms with van der Waals surface area (Å²) in [6.45, 7) is 2.16. The van der Waals surface area contributed by atoms with E-state index in [0.717, 1.165) is 10.9 Å². The maximum Gasteiger partial charge on any atom is 0.313 e. The van der Waals surface area contributed by atoms with E-state index in [4.69, 9.17) is 4.74 Å². The molecule has 2 aromatic rings. The molecule has 0 aromatic heterocycles. The van der Waals surface area contributed by atoms with Crippen LogP contribution in [0, 0.1) is 5.92 Å². The first-order valence-electron chi connectivity index (χ1n) is 7.10. The number of esters is 1. The first-order chi connectivity index (χ1) is 10.2. The number of carbonyl (C=O) groups excluding carboxylic acids is 1. The number of hydrogen-bond acceptors (Lipinski definition) is 3. The minimum absolute atomic E-state index is 0.0177. The number of hydrogen-bond donors (Lipinski definition) is 0. The van der Waals surface area contributed by atoms with E-state index >= 15 is 0 Å². The zero-order valence-electron chi connectivity index (χ0n) is 11.8. The predicted molar refractivity (Wildman–Crippen MR) is 83.1 cm³/mol. The van der Waals surface area contributed by atoms with Gasteiger partial charge in [-0.3, -0.25) is 9.59 Å². The van der Waals surface area contributed by atoms with Crippen molar-refractivity contribution in [2.24, 2.45) is 5.92 Å². The normalized spacial score (nSPS) is 16.5. The molecule has 0 fully saturated rings. The Bertz CT molecular complexity index is 790. The summed E-state index contributed by atoms with van der Waals surface area (Å²) < 4.78 is 5.06. The second-order valence-electron chi connectivity index (χ2n) is 5.11. The van der Waals surface area contributed by atoms with Crippen LogP contribution in [0.4, 0.5) is 0 Å². The molecule has 1 atom stereocenters. The Morgan fingerprint density at radius 1 is 1.24 bits per heavy atom. The number of benzene rings is 1. The van der Waals surface area contributed by atoms with Crippen molar-refractivity contribution in [3.63, 3.8) is 0 Å². The van der Waals surface area contributed by atoms with Gasteiger partial charge < -0.3 is 4.74 Å². The lowest BCUT2D eigenvalue weighted by molar-refractivity contribution is -0.146. The third kappa shape index (κ3) is 2.47.